The van der Waals surface area contributed by atoms with Crippen LogP contribution in [0.1, 0.15) is 31.4 Å². The van der Waals surface area contributed by atoms with Crippen LogP contribution in [0.25, 0.3) is 0 Å². The van der Waals surface area contributed by atoms with Crippen molar-refractivity contribution in [3.05, 3.63) is 29.3 Å². The molecule has 2 heteroatoms. The highest BCUT2D eigenvalue weighted by Crippen LogP contribution is 2.27. The molecule has 1 atom stereocenters. The highest BCUT2D eigenvalue weighted by Gasteiger charge is 2.17. The Bertz CT molecular complexity index is 331. The summed E-state index contributed by atoms with van der Waals surface area (Å²) < 4.78 is 0. The van der Waals surface area contributed by atoms with E-state index in [0.717, 1.165) is 12.2 Å². The molecule has 0 radical (unpaired) electrons. The van der Waals surface area contributed by atoms with Crippen LogP contribution in [0, 0.1) is 13.8 Å². The van der Waals surface area contributed by atoms with Crippen molar-refractivity contribution in [1.29, 1.82) is 0 Å². The van der Waals surface area contributed by atoms with Gasteiger partial charge in [0.25, 0.3) is 0 Å². The fraction of sp³-hybridized carbons (Fsp3) is 0.538. The first kappa shape index (κ1) is 12.6. The number of hydrogen-bond donors (Lipinski definition) is 1. The van der Waals surface area contributed by atoms with Crippen LogP contribution >= 0.6 is 11.8 Å². The highest BCUT2D eigenvalue weighted by molar-refractivity contribution is 7.99. The molecule has 0 aromatic heterocycles. The number of benzene rings is 1. The molecule has 0 aliphatic rings. The Balaban J connectivity index is 2.69. The maximum atomic E-state index is 9.92. The summed E-state index contributed by atoms with van der Waals surface area (Å²) in [6.45, 7) is 8.12. The number of aliphatic hydroxyl groups is 1. The molecular formula is C13H20OS. The summed E-state index contributed by atoms with van der Waals surface area (Å²) in [7, 11) is 0. The Labute approximate surface area is 96.9 Å². The van der Waals surface area contributed by atoms with E-state index in [2.05, 4.69) is 32.0 Å². The summed E-state index contributed by atoms with van der Waals surface area (Å²) in [6, 6.07) is 6.45. The first-order valence-corrected chi connectivity index (χ1v) is 6.35. The second-order valence-electron chi connectivity index (χ2n) is 4.41. The van der Waals surface area contributed by atoms with E-state index >= 15 is 0 Å². The number of aryl methyl sites for hydroxylation is 2. The molecule has 15 heavy (non-hydrogen) atoms. The van der Waals surface area contributed by atoms with E-state index in [1.807, 2.05) is 13.8 Å². The molecule has 0 saturated heterocycles. The Kier molecular flexibility index (Phi) is 4.23. The van der Waals surface area contributed by atoms with E-state index in [0.29, 0.717) is 0 Å². The van der Waals surface area contributed by atoms with Gasteiger partial charge in [0.1, 0.15) is 0 Å². The van der Waals surface area contributed by atoms with Crippen LogP contribution in [0.4, 0.5) is 0 Å². The molecule has 0 bridgehead atoms. The fourth-order valence-corrected chi connectivity index (χ4v) is 2.43. The lowest BCUT2D eigenvalue weighted by Crippen LogP contribution is -2.25. The highest BCUT2D eigenvalue weighted by atomic mass is 32.2. The number of rotatable bonds is 4. The van der Waals surface area contributed by atoms with Crippen LogP contribution in [0.15, 0.2) is 23.1 Å². The minimum Gasteiger partial charge on any atom is -0.389 e. The molecule has 1 rings (SSSR count). The fourth-order valence-electron chi connectivity index (χ4n) is 1.20. The summed E-state index contributed by atoms with van der Waals surface area (Å²) in [4.78, 5) is 1.28. The first-order valence-electron chi connectivity index (χ1n) is 5.37. The zero-order chi connectivity index (χ0) is 11.5. The van der Waals surface area contributed by atoms with Gasteiger partial charge >= 0.3 is 0 Å². The third-order valence-electron chi connectivity index (χ3n) is 2.64. The molecule has 1 aromatic rings. The van der Waals surface area contributed by atoms with Crippen molar-refractivity contribution in [3.8, 4) is 0 Å². The predicted molar refractivity (Wildman–Crippen MR) is 67.6 cm³/mol. The normalized spacial score (nSPS) is 15.0. The Morgan fingerprint density at radius 2 is 2.00 bits per heavy atom. The zero-order valence-corrected chi connectivity index (χ0v) is 10.8. The van der Waals surface area contributed by atoms with Gasteiger partial charge in [-0.2, -0.15) is 0 Å². The maximum Gasteiger partial charge on any atom is 0.0710 e. The molecule has 84 valence electrons. The largest absolute Gasteiger partial charge is 0.389 e. The van der Waals surface area contributed by atoms with Gasteiger partial charge in [0.05, 0.1) is 5.60 Å². The Morgan fingerprint density at radius 3 is 2.60 bits per heavy atom. The number of thioether (sulfide) groups is 1. The molecule has 1 nitrogen and oxygen atoms in total. The van der Waals surface area contributed by atoms with Gasteiger partial charge in [0, 0.05) is 10.6 Å². The summed E-state index contributed by atoms with van der Waals surface area (Å²) >= 11 is 1.74. The maximum absolute atomic E-state index is 9.92. The van der Waals surface area contributed by atoms with E-state index in [1.165, 1.54) is 16.0 Å². The first-order chi connectivity index (χ1) is 6.94. The molecule has 0 saturated carbocycles. The van der Waals surface area contributed by atoms with Gasteiger partial charge in [-0.3, -0.25) is 0 Å². The van der Waals surface area contributed by atoms with E-state index in [-0.39, 0.29) is 0 Å². The van der Waals surface area contributed by atoms with Crippen LogP contribution in [-0.4, -0.2) is 16.5 Å². The Hall–Kier alpha value is -0.470. The average molecular weight is 224 g/mol. The minimum absolute atomic E-state index is 0.555. The van der Waals surface area contributed by atoms with Crippen molar-refractivity contribution in [2.24, 2.45) is 0 Å². The molecule has 0 amide bonds. The molecule has 1 aromatic carbocycles. The minimum atomic E-state index is -0.555. The van der Waals surface area contributed by atoms with Crippen molar-refractivity contribution < 1.29 is 5.11 Å². The summed E-state index contributed by atoms with van der Waals surface area (Å²) in [5.41, 5.74) is 2.01. The predicted octanol–water partition coefficient (Wildman–Crippen LogP) is 3.56. The third-order valence-corrected chi connectivity index (χ3v) is 4.16. The van der Waals surface area contributed by atoms with Crippen LogP contribution in [0.2, 0.25) is 0 Å². The molecule has 0 aliphatic carbocycles. The van der Waals surface area contributed by atoms with Crippen LogP contribution in [0.3, 0.4) is 0 Å². The van der Waals surface area contributed by atoms with Crippen molar-refractivity contribution in [2.45, 2.75) is 44.6 Å². The summed E-state index contributed by atoms with van der Waals surface area (Å²) in [5.74, 6) is 0.758. The molecule has 0 heterocycles. The lowest BCUT2D eigenvalue weighted by atomic mass is 10.1. The van der Waals surface area contributed by atoms with Gasteiger partial charge in [-0.15, -0.1) is 11.8 Å². The molecule has 0 spiro atoms. The molecular weight excluding hydrogens is 204 g/mol. The third kappa shape index (κ3) is 3.88. The molecule has 0 fully saturated rings. The van der Waals surface area contributed by atoms with Crippen molar-refractivity contribution >= 4 is 11.8 Å². The van der Waals surface area contributed by atoms with Gasteiger partial charge in [0.2, 0.25) is 0 Å². The summed E-state index contributed by atoms with van der Waals surface area (Å²) in [6.07, 6.45) is 0.796. The monoisotopic (exact) mass is 224 g/mol. The topological polar surface area (TPSA) is 20.2 Å². The van der Waals surface area contributed by atoms with Gasteiger partial charge < -0.3 is 5.11 Å². The summed E-state index contributed by atoms with van der Waals surface area (Å²) in [5, 5.41) is 9.92. The van der Waals surface area contributed by atoms with E-state index in [9.17, 15) is 5.11 Å². The van der Waals surface area contributed by atoms with Crippen LogP contribution < -0.4 is 0 Å². The van der Waals surface area contributed by atoms with Crippen LogP contribution in [-0.2, 0) is 0 Å². The second-order valence-corrected chi connectivity index (χ2v) is 5.43. The van der Waals surface area contributed by atoms with Crippen molar-refractivity contribution in [1.82, 2.24) is 0 Å². The van der Waals surface area contributed by atoms with E-state index < -0.39 is 5.60 Å². The molecule has 0 aliphatic heterocycles. The second kappa shape index (κ2) is 5.04. The molecule has 1 unspecified atom stereocenters. The van der Waals surface area contributed by atoms with Gasteiger partial charge in [-0.1, -0.05) is 24.6 Å². The number of hydrogen-bond acceptors (Lipinski definition) is 2. The SMILES string of the molecule is CCC(C)(O)CSc1cc(C)ccc1C. The molecule has 1 N–H and O–H groups in total. The Morgan fingerprint density at radius 1 is 1.33 bits per heavy atom. The van der Waals surface area contributed by atoms with Crippen molar-refractivity contribution in [2.75, 3.05) is 5.75 Å². The van der Waals surface area contributed by atoms with Crippen molar-refractivity contribution in [3.63, 3.8) is 0 Å². The van der Waals surface area contributed by atoms with Gasteiger partial charge in [0.15, 0.2) is 0 Å². The quantitative estimate of drug-likeness (QED) is 0.789. The van der Waals surface area contributed by atoms with E-state index in [1.54, 1.807) is 11.8 Å². The van der Waals surface area contributed by atoms with E-state index in [4.69, 9.17) is 0 Å². The standard InChI is InChI=1S/C13H20OS/c1-5-13(4,14)9-15-12-8-10(2)6-7-11(12)3/h6-8,14H,5,9H2,1-4H3. The van der Waals surface area contributed by atoms with Gasteiger partial charge in [-0.25, -0.2) is 0 Å². The smallest absolute Gasteiger partial charge is 0.0710 e. The van der Waals surface area contributed by atoms with Gasteiger partial charge in [-0.05, 0) is 38.8 Å². The van der Waals surface area contributed by atoms with Crippen LogP contribution in [0.5, 0.6) is 0 Å². The lowest BCUT2D eigenvalue weighted by molar-refractivity contribution is 0.0816. The average Bonchev–Trinajstić information content (AvgIpc) is 2.20. The lowest BCUT2D eigenvalue weighted by Gasteiger charge is -2.21. The zero-order valence-electron chi connectivity index (χ0n) is 10.0.